The summed E-state index contributed by atoms with van der Waals surface area (Å²) in [5, 5.41) is 13.3. The third-order valence-corrected chi connectivity index (χ3v) is 3.61. The number of nitrogens with one attached hydrogen (secondary N) is 2. The SMILES string of the molecule is CC(=O)Nc1cccc(OCC(=O)NCCOc2ccc(-c3ccco3)nn2)c1. The van der Waals surface area contributed by atoms with Gasteiger partial charge in [-0.3, -0.25) is 9.59 Å². The largest absolute Gasteiger partial charge is 0.484 e. The normalized spacial score (nSPS) is 10.2. The van der Waals surface area contributed by atoms with Crippen LogP contribution in [0.4, 0.5) is 5.69 Å². The molecule has 0 atom stereocenters. The summed E-state index contributed by atoms with van der Waals surface area (Å²) >= 11 is 0. The molecule has 0 aliphatic carbocycles. The minimum absolute atomic E-state index is 0.152. The number of carbonyl (C=O) groups is 2. The number of hydrogen-bond donors (Lipinski definition) is 2. The molecule has 0 aliphatic heterocycles. The second-order valence-electron chi connectivity index (χ2n) is 5.93. The van der Waals surface area contributed by atoms with Crippen LogP contribution in [0, 0.1) is 0 Å². The summed E-state index contributed by atoms with van der Waals surface area (Å²) in [6.07, 6.45) is 1.56. The second-order valence-corrected chi connectivity index (χ2v) is 5.93. The fourth-order valence-corrected chi connectivity index (χ4v) is 2.37. The van der Waals surface area contributed by atoms with Gasteiger partial charge in [0.2, 0.25) is 11.8 Å². The van der Waals surface area contributed by atoms with Crippen LogP contribution in [0.2, 0.25) is 0 Å². The lowest BCUT2D eigenvalue weighted by Gasteiger charge is -2.09. The van der Waals surface area contributed by atoms with Gasteiger partial charge in [-0.2, -0.15) is 0 Å². The Morgan fingerprint density at radius 3 is 2.69 bits per heavy atom. The summed E-state index contributed by atoms with van der Waals surface area (Å²) in [6.45, 7) is 1.79. The molecule has 3 rings (SSSR count). The molecule has 1 aromatic carbocycles. The molecule has 9 heteroatoms. The number of amides is 2. The second kappa shape index (κ2) is 9.88. The molecule has 150 valence electrons. The predicted octanol–water partition coefficient (Wildman–Crippen LogP) is 2.27. The molecule has 2 N–H and O–H groups in total. The Bertz CT molecular complexity index is 942. The van der Waals surface area contributed by atoms with Gasteiger partial charge in [0, 0.05) is 24.7 Å². The molecular weight excluding hydrogens is 376 g/mol. The van der Waals surface area contributed by atoms with Crippen molar-refractivity contribution in [3.63, 3.8) is 0 Å². The van der Waals surface area contributed by atoms with E-state index in [0.29, 0.717) is 28.8 Å². The molecule has 0 aliphatic rings. The standard InChI is InChI=1S/C20H20N4O5/c1-14(25)22-15-4-2-5-16(12-15)29-13-19(26)21-9-11-28-20-8-7-17(23-24-20)18-6-3-10-27-18/h2-8,10,12H,9,11,13H2,1H3,(H,21,26)(H,22,25). The third-order valence-electron chi connectivity index (χ3n) is 3.61. The first-order valence-corrected chi connectivity index (χ1v) is 8.88. The molecule has 2 aromatic heterocycles. The molecule has 0 saturated carbocycles. The van der Waals surface area contributed by atoms with Crippen LogP contribution < -0.4 is 20.1 Å². The number of furan rings is 1. The molecule has 29 heavy (non-hydrogen) atoms. The van der Waals surface area contributed by atoms with Gasteiger partial charge in [0.05, 0.1) is 12.8 Å². The summed E-state index contributed by atoms with van der Waals surface area (Å²) in [7, 11) is 0. The Hall–Kier alpha value is -3.88. The lowest BCUT2D eigenvalue weighted by molar-refractivity contribution is -0.123. The predicted molar refractivity (Wildman–Crippen MR) is 104 cm³/mol. The van der Waals surface area contributed by atoms with E-state index in [0.717, 1.165) is 0 Å². The maximum atomic E-state index is 11.9. The molecule has 2 heterocycles. The average molecular weight is 396 g/mol. The van der Waals surface area contributed by atoms with E-state index in [-0.39, 0.29) is 31.6 Å². The minimum atomic E-state index is -0.294. The van der Waals surface area contributed by atoms with Crippen molar-refractivity contribution in [2.45, 2.75) is 6.92 Å². The van der Waals surface area contributed by atoms with E-state index in [9.17, 15) is 9.59 Å². The molecule has 3 aromatic rings. The molecule has 0 bridgehead atoms. The van der Waals surface area contributed by atoms with Crippen molar-refractivity contribution in [1.82, 2.24) is 15.5 Å². The van der Waals surface area contributed by atoms with E-state index in [1.54, 1.807) is 54.8 Å². The highest BCUT2D eigenvalue weighted by Gasteiger charge is 2.06. The third kappa shape index (κ3) is 6.35. The quantitative estimate of drug-likeness (QED) is 0.533. The molecule has 0 spiro atoms. The smallest absolute Gasteiger partial charge is 0.258 e. The zero-order valence-electron chi connectivity index (χ0n) is 15.8. The summed E-state index contributed by atoms with van der Waals surface area (Å²) in [4.78, 5) is 22.9. The van der Waals surface area contributed by atoms with Gasteiger partial charge in [-0.05, 0) is 30.3 Å². The van der Waals surface area contributed by atoms with Crippen LogP contribution in [-0.2, 0) is 9.59 Å². The van der Waals surface area contributed by atoms with E-state index in [1.807, 2.05) is 0 Å². The molecule has 0 radical (unpaired) electrons. The van der Waals surface area contributed by atoms with Gasteiger partial charge in [0.25, 0.3) is 5.91 Å². The van der Waals surface area contributed by atoms with Gasteiger partial charge in [-0.1, -0.05) is 6.07 Å². The summed E-state index contributed by atoms with van der Waals surface area (Å²) < 4.78 is 16.1. The molecule has 2 amide bonds. The lowest BCUT2D eigenvalue weighted by Crippen LogP contribution is -2.32. The van der Waals surface area contributed by atoms with Crippen LogP contribution in [0.3, 0.4) is 0 Å². The Morgan fingerprint density at radius 1 is 1.07 bits per heavy atom. The van der Waals surface area contributed by atoms with Crippen LogP contribution in [0.15, 0.2) is 59.2 Å². The van der Waals surface area contributed by atoms with E-state index < -0.39 is 0 Å². The number of ether oxygens (including phenoxy) is 2. The van der Waals surface area contributed by atoms with Crippen LogP contribution in [0.5, 0.6) is 11.6 Å². The Morgan fingerprint density at radius 2 is 1.97 bits per heavy atom. The van der Waals surface area contributed by atoms with Crippen molar-refractivity contribution in [3.05, 3.63) is 54.8 Å². The van der Waals surface area contributed by atoms with Crippen LogP contribution in [-0.4, -0.2) is 41.8 Å². The van der Waals surface area contributed by atoms with E-state index >= 15 is 0 Å². The first-order chi connectivity index (χ1) is 14.1. The van der Waals surface area contributed by atoms with Crippen molar-refractivity contribution in [2.75, 3.05) is 25.1 Å². The molecule has 9 nitrogen and oxygen atoms in total. The zero-order chi connectivity index (χ0) is 20.5. The van der Waals surface area contributed by atoms with Crippen molar-refractivity contribution in [1.29, 1.82) is 0 Å². The van der Waals surface area contributed by atoms with Crippen LogP contribution in [0.25, 0.3) is 11.5 Å². The van der Waals surface area contributed by atoms with Gasteiger partial charge in [-0.15, -0.1) is 10.2 Å². The first-order valence-electron chi connectivity index (χ1n) is 8.88. The van der Waals surface area contributed by atoms with Crippen molar-refractivity contribution < 1.29 is 23.5 Å². The Kier molecular flexibility index (Phi) is 6.77. The lowest BCUT2D eigenvalue weighted by atomic mass is 10.3. The highest BCUT2D eigenvalue weighted by atomic mass is 16.5. The molecular formula is C20H20N4O5. The fraction of sp³-hybridized carbons (Fsp3) is 0.200. The maximum Gasteiger partial charge on any atom is 0.258 e. The van der Waals surface area contributed by atoms with Crippen molar-refractivity contribution in [3.8, 4) is 23.1 Å². The van der Waals surface area contributed by atoms with Gasteiger partial charge in [0.1, 0.15) is 18.1 Å². The van der Waals surface area contributed by atoms with Gasteiger partial charge in [-0.25, -0.2) is 0 Å². The Balaban J connectivity index is 1.35. The highest BCUT2D eigenvalue weighted by Crippen LogP contribution is 2.18. The number of aromatic nitrogens is 2. The van der Waals surface area contributed by atoms with Crippen LogP contribution in [0.1, 0.15) is 6.92 Å². The Labute approximate surface area is 167 Å². The number of anilines is 1. The number of nitrogens with zero attached hydrogens (tertiary/aromatic N) is 2. The fourth-order valence-electron chi connectivity index (χ4n) is 2.37. The van der Waals surface area contributed by atoms with Crippen molar-refractivity contribution >= 4 is 17.5 Å². The summed E-state index contributed by atoms with van der Waals surface area (Å²) in [5.41, 5.74) is 1.21. The molecule has 0 fully saturated rings. The number of carbonyl (C=O) groups excluding carboxylic acids is 2. The molecule has 0 unspecified atom stereocenters. The zero-order valence-corrected chi connectivity index (χ0v) is 15.8. The van der Waals surface area contributed by atoms with E-state index in [4.69, 9.17) is 13.9 Å². The summed E-state index contributed by atoms with van der Waals surface area (Å²) in [6, 6.07) is 13.8. The molecule has 0 saturated heterocycles. The number of benzene rings is 1. The highest BCUT2D eigenvalue weighted by molar-refractivity contribution is 5.88. The van der Waals surface area contributed by atoms with Crippen LogP contribution >= 0.6 is 0 Å². The summed E-state index contributed by atoms with van der Waals surface area (Å²) in [5.74, 6) is 0.979. The minimum Gasteiger partial charge on any atom is -0.484 e. The monoisotopic (exact) mass is 396 g/mol. The van der Waals surface area contributed by atoms with Crippen molar-refractivity contribution in [2.24, 2.45) is 0 Å². The average Bonchev–Trinajstić information content (AvgIpc) is 3.25. The number of rotatable bonds is 9. The van der Waals surface area contributed by atoms with E-state index in [1.165, 1.54) is 6.92 Å². The van der Waals surface area contributed by atoms with E-state index in [2.05, 4.69) is 20.8 Å². The maximum absolute atomic E-state index is 11.9. The van der Waals surface area contributed by atoms with Gasteiger partial charge >= 0.3 is 0 Å². The van der Waals surface area contributed by atoms with Gasteiger partial charge in [0.15, 0.2) is 12.4 Å². The first kappa shape index (κ1) is 19.9. The number of hydrogen-bond acceptors (Lipinski definition) is 7. The topological polar surface area (TPSA) is 116 Å². The van der Waals surface area contributed by atoms with Gasteiger partial charge < -0.3 is 24.5 Å².